The number of aromatic carboxylic acids is 2. The fourth-order valence-electron chi connectivity index (χ4n) is 5.18. The van der Waals surface area contributed by atoms with Gasteiger partial charge in [-0.05, 0) is 86.6 Å². The molecule has 0 saturated heterocycles. The van der Waals surface area contributed by atoms with E-state index in [9.17, 15) is 69.7 Å². The van der Waals surface area contributed by atoms with Crippen molar-refractivity contribution in [2.75, 3.05) is 35.5 Å². The number of rotatable bonds is 18. The third kappa shape index (κ3) is 17.7. The number of benzene rings is 4. The number of ether oxygens (including phenoxy) is 2. The van der Waals surface area contributed by atoms with Crippen LogP contribution < -0.4 is 159 Å². The summed E-state index contributed by atoms with van der Waals surface area (Å²) in [4.78, 5) is 86.1. The van der Waals surface area contributed by atoms with Crippen LogP contribution in [0.5, 0.6) is 11.5 Å². The zero-order valence-electron chi connectivity index (χ0n) is 37.1. The van der Waals surface area contributed by atoms with E-state index in [1.54, 1.807) is 0 Å². The van der Waals surface area contributed by atoms with Crippen molar-refractivity contribution in [3.63, 3.8) is 0 Å². The maximum Gasteiger partial charge on any atom is 1.00 e. The number of carboxylic acids is 2. The molecule has 31 heteroatoms. The Labute approximate surface area is 474 Å². The Balaban J connectivity index is 0.0000112. The van der Waals surface area contributed by atoms with E-state index in [1.165, 1.54) is 14.2 Å². The number of carbonyl (C=O) groups is 7. The first-order valence-electron chi connectivity index (χ1n) is 17.4. The number of hydrogen-bond acceptors (Lipinski definition) is 21. The molecule has 0 aliphatic rings. The zero-order chi connectivity index (χ0) is 47.7. The Hall–Kier alpha value is -4.01. The molecule has 0 aliphatic carbocycles. The largest absolute Gasteiger partial charge is 1.00 e. The van der Waals surface area contributed by atoms with Gasteiger partial charge in [-0.3, -0.25) is 19.2 Å². The van der Waals surface area contributed by atoms with E-state index in [2.05, 4.69) is 41.7 Å². The average molecular weight is 1010 g/mol. The summed E-state index contributed by atoms with van der Waals surface area (Å²) in [5, 5.41) is 47.6. The molecule has 0 aliphatic heterocycles. The molecule has 0 saturated carbocycles. The van der Waals surface area contributed by atoms with Crippen LogP contribution in [0.1, 0.15) is 34.6 Å². The van der Waals surface area contributed by atoms with Crippen molar-refractivity contribution in [2.45, 2.75) is 35.7 Å². The number of methoxy groups -OCH3 is 2. The molecule has 0 heterocycles. The van der Waals surface area contributed by atoms with Gasteiger partial charge in [-0.15, -0.1) is 0 Å². The standard InChI is InChI=1S/C37H34N8O17S2.4Na/c1-17(46)31(33(48)40-27-15-21(63(55,56)57)7-11-29(27)61-3)44-42-25-9-5-19(13-23(25)35(50)51)38-37(54)39-20-6-10-26(24(14-20)36(52)53)43-45-32(18(2)47)34(49)41-28-16-22(64(58,59)60)8-12-30(28)62-4;;;;/h5-16,31-32H,1-4H3,(H,40,48)(H,41,49)(H,50,51)(H,52,53)(H2,38,39,54)(H,55,56,57)(H,58,59,60);;;;/q;4*+1/p-4. The maximum atomic E-state index is 13.0. The molecule has 336 valence electrons. The second-order valence-electron chi connectivity index (χ2n) is 12.7. The number of urea groups is 1. The number of nitrogens with zero attached hydrogens (tertiary/aromatic N) is 4. The molecule has 0 fully saturated rings. The van der Waals surface area contributed by atoms with Crippen molar-refractivity contribution < 1.29 is 197 Å². The van der Waals surface area contributed by atoms with E-state index in [0.29, 0.717) is 0 Å². The SMILES string of the molecule is COc1ccc(S(=O)(=O)[O-])cc1NC(=O)C(N=Nc1ccc(NC(=O)Nc2ccc(N=NC(C(C)=O)C(=O)Nc3cc(S(=O)(=O)[O-])ccc3OC)c(C(=O)[O-])c2)cc1C(=O)[O-])C(C)=O.[Na+].[Na+].[Na+].[Na+]. The smallest absolute Gasteiger partial charge is 0.744 e. The second kappa shape index (κ2) is 28.0. The number of hydrogen-bond donors (Lipinski definition) is 4. The Kier molecular flexibility index (Phi) is 26.3. The van der Waals surface area contributed by atoms with Crippen molar-refractivity contribution in [1.82, 2.24) is 0 Å². The summed E-state index contributed by atoms with van der Waals surface area (Å²) >= 11 is 0. The second-order valence-corrected chi connectivity index (χ2v) is 15.4. The van der Waals surface area contributed by atoms with Crippen LogP contribution in [0.4, 0.5) is 38.9 Å². The van der Waals surface area contributed by atoms with Crippen LogP contribution in [0.2, 0.25) is 0 Å². The third-order valence-corrected chi connectivity index (χ3v) is 9.87. The van der Waals surface area contributed by atoms with Crippen molar-refractivity contribution >= 4 is 95.7 Å². The zero-order valence-corrected chi connectivity index (χ0v) is 46.8. The van der Waals surface area contributed by atoms with E-state index in [-0.39, 0.29) is 152 Å². The molecule has 2 atom stereocenters. The Morgan fingerprint density at radius 3 is 1.15 bits per heavy atom. The van der Waals surface area contributed by atoms with Gasteiger partial charge >= 0.3 is 124 Å². The molecule has 0 radical (unpaired) electrons. The quantitative estimate of drug-likeness (QED) is 0.0311. The summed E-state index contributed by atoms with van der Waals surface area (Å²) in [7, 11) is -7.58. The van der Waals surface area contributed by atoms with Gasteiger partial charge in [0.05, 0.1) is 58.7 Å². The molecule has 4 rings (SSSR count). The van der Waals surface area contributed by atoms with Gasteiger partial charge in [0.2, 0.25) is 12.1 Å². The molecule has 0 spiro atoms. The van der Waals surface area contributed by atoms with Crippen LogP contribution in [0.3, 0.4) is 0 Å². The number of carbonyl (C=O) groups excluding carboxylic acids is 7. The van der Waals surface area contributed by atoms with Crippen molar-refractivity contribution in [1.29, 1.82) is 0 Å². The van der Waals surface area contributed by atoms with E-state index >= 15 is 0 Å². The number of ketones is 2. The normalized spacial score (nSPS) is 11.7. The van der Waals surface area contributed by atoms with Gasteiger partial charge in [0.25, 0.3) is 11.8 Å². The summed E-state index contributed by atoms with van der Waals surface area (Å²) in [5.74, 6) is -8.04. The predicted octanol–water partition coefficient (Wildman–Crippen LogP) is -10.7. The molecule has 0 bridgehead atoms. The molecule has 4 amide bonds. The summed E-state index contributed by atoms with van der Waals surface area (Å²) in [6, 6.07) is 6.63. The van der Waals surface area contributed by atoms with Crippen molar-refractivity contribution in [3.8, 4) is 11.5 Å². The van der Waals surface area contributed by atoms with Crippen LogP contribution in [-0.2, 0) is 39.4 Å². The number of Topliss-reactive ketones (excluding diaryl/α,β-unsaturated/α-hetero) is 2. The van der Waals surface area contributed by atoms with E-state index < -0.39 is 106 Å². The van der Waals surface area contributed by atoms with Gasteiger partial charge in [-0.2, -0.15) is 20.5 Å². The first-order chi connectivity index (χ1) is 29.9. The fourth-order valence-corrected chi connectivity index (χ4v) is 6.18. The molecule has 2 unspecified atom stereocenters. The minimum Gasteiger partial charge on any atom is -0.744 e. The van der Waals surface area contributed by atoms with E-state index in [1.807, 2.05) is 0 Å². The van der Waals surface area contributed by atoms with Gasteiger partial charge in [0.15, 0.2) is 11.6 Å². The summed E-state index contributed by atoms with van der Waals surface area (Å²) in [6.45, 7) is 1.89. The van der Waals surface area contributed by atoms with Gasteiger partial charge in [0, 0.05) is 22.5 Å². The molecular formula is C37H30N8Na4O17S2. The first kappa shape index (κ1) is 64.0. The molecule has 4 aromatic carbocycles. The number of carboxylic acid groups (broad SMARTS) is 2. The molecule has 68 heavy (non-hydrogen) atoms. The average Bonchev–Trinajstić information content (AvgIpc) is 3.20. The third-order valence-electron chi connectivity index (χ3n) is 8.21. The summed E-state index contributed by atoms with van der Waals surface area (Å²) in [5.41, 5.74) is -3.36. The number of nitrogens with one attached hydrogen (secondary N) is 4. The van der Waals surface area contributed by atoms with E-state index in [4.69, 9.17) is 9.47 Å². The van der Waals surface area contributed by atoms with Gasteiger partial charge in [0.1, 0.15) is 31.7 Å². The van der Waals surface area contributed by atoms with Crippen LogP contribution in [-0.4, -0.2) is 93.6 Å². The molecule has 4 aromatic rings. The Bertz CT molecular complexity index is 2700. The van der Waals surface area contributed by atoms with Gasteiger partial charge < -0.3 is 59.6 Å². The van der Waals surface area contributed by atoms with Crippen molar-refractivity contribution in [3.05, 3.63) is 83.9 Å². The monoisotopic (exact) mass is 1010 g/mol. The number of anilines is 4. The predicted molar refractivity (Wildman–Crippen MR) is 211 cm³/mol. The number of azo groups is 2. The van der Waals surface area contributed by atoms with E-state index in [0.717, 1.165) is 86.6 Å². The number of amides is 4. The van der Waals surface area contributed by atoms with Crippen molar-refractivity contribution in [2.24, 2.45) is 20.5 Å². The summed E-state index contributed by atoms with van der Waals surface area (Å²) in [6.07, 6.45) is 0. The van der Waals surface area contributed by atoms with Gasteiger partial charge in [-0.25, -0.2) is 21.6 Å². The van der Waals surface area contributed by atoms with Crippen LogP contribution in [0.25, 0.3) is 0 Å². The molecular weight excluding hydrogens is 985 g/mol. The summed E-state index contributed by atoms with van der Waals surface area (Å²) < 4.78 is 78.9. The molecule has 4 N–H and O–H groups in total. The van der Waals surface area contributed by atoms with Crippen LogP contribution >= 0.6 is 0 Å². The first-order valence-corrected chi connectivity index (χ1v) is 20.3. The minimum absolute atomic E-state index is 0. The fraction of sp³-hybridized carbons (Fsp3) is 0.162. The Morgan fingerprint density at radius 1 is 0.529 bits per heavy atom. The molecule has 25 nitrogen and oxygen atoms in total. The topological polar surface area (TPSA) is 396 Å². The maximum absolute atomic E-state index is 13.0. The Morgan fingerprint density at radius 2 is 0.868 bits per heavy atom. The molecule has 0 aromatic heterocycles. The minimum atomic E-state index is -4.96. The van der Waals surface area contributed by atoms with Crippen LogP contribution in [0, 0.1) is 0 Å². The van der Waals surface area contributed by atoms with Gasteiger partial charge in [-0.1, -0.05) is 0 Å². The van der Waals surface area contributed by atoms with Crippen LogP contribution in [0.15, 0.2) is 103 Å².